The summed E-state index contributed by atoms with van der Waals surface area (Å²) >= 11 is 0. The molecule has 0 saturated heterocycles. The van der Waals surface area contributed by atoms with E-state index in [1.807, 2.05) is 27.7 Å². The zero-order valence-corrected chi connectivity index (χ0v) is 20.3. The molecule has 0 aromatic heterocycles. The molecule has 3 amide bonds. The van der Waals surface area contributed by atoms with E-state index < -0.39 is 54.5 Å². The molecule has 34 heavy (non-hydrogen) atoms. The van der Waals surface area contributed by atoms with Gasteiger partial charge in [-0.3, -0.25) is 14.4 Å². The van der Waals surface area contributed by atoms with E-state index in [9.17, 15) is 29.4 Å². The fourth-order valence-corrected chi connectivity index (χ4v) is 3.39. The Kier molecular flexibility index (Phi) is 12.2. The van der Waals surface area contributed by atoms with Crippen LogP contribution in [0, 0.1) is 11.8 Å². The first-order valence-electron chi connectivity index (χ1n) is 11.5. The van der Waals surface area contributed by atoms with Gasteiger partial charge in [0.15, 0.2) is 0 Å². The van der Waals surface area contributed by atoms with Gasteiger partial charge in [0.2, 0.25) is 17.7 Å². The number of carbonyl (C=O) groups excluding carboxylic acids is 3. The topological polar surface area (TPSA) is 171 Å². The summed E-state index contributed by atoms with van der Waals surface area (Å²) in [6.07, 6.45) is 0.712. The summed E-state index contributed by atoms with van der Waals surface area (Å²) in [5.74, 6) is -3.05. The van der Waals surface area contributed by atoms with E-state index >= 15 is 0 Å². The van der Waals surface area contributed by atoms with Crippen molar-refractivity contribution in [1.29, 1.82) is 0 Å². The number of aliphatic hydroxyl groups excluding tert-OH is 1. The van der Waals surface area contributed by atoms with Crippen molar-refractivity contribution in [3.63, 3.8) is 0 Å². The number of rotatable bonds is 14. The van der Waals surface area contributed by atoms with Crippen molar-refractivity contribution in [2.24, 2.45) is 17.6 Å². The molecule has 1 aromatic carbocycles. The predicted octanol–water partition coefficient (Wildman–Crippen LogP) is 0.180. The quantitative estimate of drug-likeness (QED) is 0.221. The van der Waals surface area contributed by atoms with E-state index in [0.29, 0.717) is 6.42 Å². The number of carbonyl (C=O) groups is 4. The van der Waals surface area contributed by atoms with Crippen LogP contribution in [0.4, 0.5) is 0 Å². The third-order valence-electron chi connectivity index (χ3n) is 5.11. The molecule has 10 heteroatoms. The van der Waals surface area contributed by atoms with Gasteiger partial charge < -0.3 is 31.9 Å². The fraction of sp³-hybridized carbons (Fsp3) is 0.583. The van der Waals surface area contributed by atoms with Crippen LogP contribution in [0.1, 0.15) is 46.1 Å². The highest BCUT2D eigenvalue weighted by molar-refractivity contribution is 5.94. The van der Waals surface area contributed by atoms with Crippen LogP contribution in [0.15, 0.2) is 30.3 Å². The van der Waals surface area contributed by atoms with Gasteiger partial charge in [-0.05, 0) is 30.2 Å². The van der Waals surface area contributed by atoms with Crippen molar-refractivity contribution in [3.05, 3.63) is 35.9 Å². The van der Waals surface area contributed by atoms with Gasteiger partial charge in [0.1, 0.15) is 18.1 Å². The number of nitrogens with one attached hydrogen (secondary N) is 3. The molecule has 4 unspecified atom stereocenters. The summed E-state index contributed by atoms with van der Waals surface area (Å²) in [7, 11) is 0. The van der Waals surface area contributed by atoms with Crippen LogP contribution in [-0.2, 0) is 25.6 Å². The molecular weight excluding hydrogens is 440 g/mol. The highest BCUT2D eigenvalue weighted by Crippen LogP contribution is 2.09. The summed E-state index contributed by atoms with van der Waals surface area (Å²) in [4.78, 5) is 49.7. The summed E-state index contributed by atoms with van der Waals surface area (Å²) < 4.78 is 0. The van der Waals surface area contributed by atoms with Crippen molar-refractivity contribution >= 4 is 23.7 Å². The minimum Gasteiger partial charge on any atom is -0.480 e. The predicted molar refractivity (Wildman–Crippen MR) is 128 cm³/mol. The average Bonchev–Trinajstić information content (AvgIpc) is 2.75. The number of benzene rings is 1. The van der Waals surface area contributed by atoms with Crippen LogP contribution < -0.4 is 21.7 Å². The number of hydrogen-bond donors (Lipinski definition) is 6. The second-order valence-electron chi connectivity index (χ2n) is 9.26. The van der Waals surface area contributed by atoms with Gasteiger partial charge in [0.05, 0.1) is 12.6 Å². The number of carboxylic acid groups (broad SMARTS) is 1. The Morgan fingerprint density at radius 2 is 1.29 bits per heavy atom. The maximum Gasteiger partial charge on any atom is 0.326 e. The molecule has 0 aliphatic heterocycles. The lowest BCUT2D eigenvalue weighted by molar-refractivity contribution is -0.142. The number of carboxylic acids is 1. The Balaban J connectivity index is 2.89. The second kappa shape index (κ2) is 14.3. The molecule has 0 bridgehead atoms. The normalized spacial score (nSPS) is 14.7. The SMILES string of the molecule is CC(C)CC(N)C(=O)NC(CO)C(=O)NC(CC(C)C)C(=O)NC(Cc1ccccc1)C(=O)O. The minimum atomic E-state index is -1.30. The number of hydrogen-bond acceptors (Lipinski definition) is 6. The molecule has 0 spiro atoms. The Morgan fingerprint density at radius 1 is 0.794 bits per heavy atom. The van der Waals surface area contributed by atoms with E-state index in [4.69, 9.17) is 5.73 Å². The monoisotopic (exact) mass is 478 g/mol. The lowest BCUT2D eigenvalue weighted by Crippen LogP contribution is -2.58. The molecule has 1 rings (SSSR count). The highest BCUT2D eigenvalue weighted by atomic mass is 16.4. The van der Waals surface area contributed by atoms with Gasteiger partial charge in [-0.15, -0.1) is 0 Å². The number of nitrogens with two attached hydrogens (primary N) is 1. The van der Waals surface area contributed by atoms with Gasteiger partial charge in [-0.2, -0.15) is 0 Å². The van der Waals surface area contributed by atoms with Gasteiger partial charge >= 0.3 is 5.97 Å². The second-order valence-corrected chi connectivity index (χ2v) is 9.26. The molecule has 0 aliphatic carbocycles. The van der Waals surface area contributed by atoms with Crippen LogP contribution in [0.5, 0.6) is 0 Å². The maximum absolute atomic E-state index is 12.9. The van der Waals surface area contributed by atoms with Gasteiger partial charge in [-0.25, -0.2) is 4.79 Å². The summed E-state index contributed by atoms with van der Waals surface area (Å²) in [5, 5.41) is 26.6. The molecule has 0 fully saturated rings. The van der Waals surface area contributed by atoms with Crippen LogP contribution in [0.3, 0.4) is 0 Å². The van der Waals surface area contributed by atoms with E-state index in [-0.39, 0.29) is 24.7 Å². The number of amides is 3. The number of aliphatic hydroxyl groups is 1. The molecule has 1 aromatic rings. The smallest absolute Gasteiger partial charge is 0.326 e. The molecule has 0 radical (unpaired) electrons. The molecular formula is C24H38N4O6. The van der Waals surface area contributed by atoms with E-state index in [2.05, 4.69) is 16.0 Å². The molecule has 0 aliphatic rings. The third kappa shape index (κ3) is 10.3. The van der Waals surface area contributed by atoms with E-state index in [1.165, 1.54) is 0 Å². The molecule has 190 valence electrons. The lowest BCUT2D eigenvalue weighted by atomic mass is 10.0. The van der Waals surface area contributed by atoms with Crippen molar-refractivity contribution in [2.45, 2.75) is 71.1 Å². The fourth-order valence-electron chi connectivity index (χ4n) is 3.39. The van der Waals surface area contributed by atoms with Crippen molar-refractivity contribution in [2.75, 3.05) is 6.61 Å². The first-order chi connectivity index (χ1) is 15.9. The minimum absolute atomic E-state index is 0.00455. The summed E-state index contributed by atoms with van der Waals surface area (Å²) in [5.41, 5.74) is 6.57. The molecule has 7 N–H and O–H groups in total. The number of aliphatic carboxylic acids is 1. The molecule has 4 atom stereocenters. The van der Waals surface area contributed by atoms with Crippen LogP contribution in [0.25, 0.3) is 0 Å². The first kappa shape index (κ1) is 29.1. The first-order valence-corrected chi connectivity index (χ1v) is 11.5. The van der Waals surface area contributed by atoms with Crippen molar-refractivity contribution in [3.8, 4) is 0 Å². The van der Waals surface area contributed by atoms with Gasteiger partial charge in [-0.1, -0.05) is 58.0 Å². The van der Waals surface area contributed by atoms with E-state index in [0.717, 1.165) is 5.56 Å². The van der Waals surface area contributed by atoms with E-state index in [1.54, 1.807) is 30.3 Å². The molecule has 0 saturated carbocycles. The maximum atomic E-state index is 12.9. The standard InChI is InChI=1S/C24H38N4O6/c1-14(2)10-17(25)21(30)28-20(13-29)23(32)26-18(11-15(3)4)22(31)27-19(24(33)34)12-16-8-6-5-7-9-16/h5-9,14-15,17-20,29H,10-13,25H2,1-4H3,(H,26,32)(H,27,31)(H,28,30)(H,33,34). The Morgan fingerprint density at radius 3 is 1.79 bits per heavy atom. The zero-order valence-electron chi connectivity index (χ0n) is 20.3. The van der Waals surface area contributed by atoms with Crippen molar-refractivity contribution < 1.29 is 29.4 Å². The van der Waals surface area contributed by atoms with Crippen molar-refractivity contribution in [1.82, 2.24) is 16.0 Å². The Hall–Kier alpha value is -2.98. The average molecular weight is 479 g/mol. The molecule has 10 nitrogen and oxygen atoms in total. The largest absolute Gasteiger partial charge is 0.480 e. The Labute approximate surface area is 200 Å². The highest BCUT2D eigenvalue weighted by Gasteiger charge is 2.30. The van der Waals surface area contributed by atoms with Crippen LogP contribution in [0.2, 0.25) is 0 Å². The van der Waals surface area contributed by atoms with Gasteiger partial charge in [0, 0.05) is 6.42 Å². The third-order valence-corrected chi connectivity index (χ3v) is 5.11. The Bertz CT molecular complexity index is 815. The zero-order chi connectivity index (χ0) is 25.8. The van der Waals surface area contributed by atoms with Crippen LogP contribution >= 0.6 is 0 Å². The van der Waals surface area contributed by atoms with Crippen LogP contribution in [-0.4, -0.2) is 64.7 Å². The molecule has 0 heterocycles. The summed E-state index contributed by atoms with van der Waals surface area (Å²) in [6.45, 7) is 6.82. The summed E-state index contributed by atoms with van der Waals surface area (Å²) in [6, 6.07) is 4.48. The lowest BCUT2D eigenvalue weighted by Gasteiger charge is -2.25. The van der Waals surface area contributed by atoms with Gasteiger partial charge in [0.25, 0.3) is 0 Å².